The fourth-order valence-electron chi connectivity index (χ4n) is 4.60. The SMILES string of the molecule is C=C(Nc1cccc(CCCN2CCCC2)c1)c1n[nH]c2cc(F)c(-c3cnn(C)c3)cc12. The van der Waals surface area contributed by atoms with Crippen molar-refractivity contribution in [2.75, 3.05) is 25.0 Å². The number of aryl methyl sites for hydroxylation is 2. The summed E-state index contributed by atoms with van der Waals surface area (Å²) in [4.78, 5) is 2.55. The third-order valence-corrected chi connectivity index (χ3v) is 6.31. The molecular formula is C26H29FN6. The Kier molecular flexibility index (Phi) is 5.96. The third-order valence-electron chi connectivity index (χ3n) is 6.31. The molecule has 0 atom stereocenters. The molecule has 0 unspecified atom stereocenters. The molecule has 7 heteroatoms. The molecule has 170 valence electrons. The van der Waals surface area contributed by atoms with E-state index >= 15 is 0 Å². The molecule has 0 bridgehead atoms. The number of halogens is 1. The van der Waals surface area contributed by atoms with Crippen LogP contribution in [0.1, 0.15) is 30.5 Å². The number of benzene rings is 2. The van der Waals surface area contributed by atoms with E-state index < -0.39 is 0 Å². The first-order valence-electron chi connectivity index (χ1n) is 11.5. The molecule has 4 aromatic rings. The van der Waals surface area contributed by atoms with Crippen molar-refractivity contribution in [1.82, 2.24) is 24.9 Å². The minimum atomic E-state index is -0.314. The summed E-state index contributed by atoms with van der Waals surface area (Å²) < 4.78 is 16.4. The minimum Gasteiger partial charge on any atom is -0.354 e. The highest BCUT2D eigenvalue weighted by Gasteiger charge is 2.15. The average molecular weight is 445 g/mol. The molecule has 1 saturated heterocycles. The van der Waals surface area contributed by atoms with Crippen molar-refractivity contribution in [3.05, 3.63) is 72.4 Å². The molecule has 2 N–H and O–H groups in total. The highest BCUT2D eigenvalue weighted by Crippen LogP contribution is 2.30. The maximum Gasteiger partial charge on any atom is 0.133 e. The van der Waals surface area contributed by atoms with Crippen LogP contribution in [0, 0.1) is 5.82 Å². The molecule has 3 heterocycles. The van der Waals surface area contributed by atoms with Gasteiger partial charge in [0.25, 0.3) is 0 Å². The number of nitrogens with zero attached hydrogens (tertiary/aromatic N) is 4. The van der Waals surface area contributed by atoms with E-state index in [4.69, 9.17) is 0 Å². The molecule has 33 heavy (non-hydrogen) atoms. The smallest absolute Gasteiger partial charge is 0.133 e. The summed E-state index contributed by atoms with van der Waals surface area (Å²) in [6.07, 6.45) is 8.34. The van der Waals surface area contributed by atoms with Gasteiger partial charge < -0.3 is 10.2 Å². The molecule has 2 aromatic heterocycles. The number of anilines is 1. The quantitative estimate of drug-likeness (QED) is 0.391. The summed E-state index contributed by atoms with van der Waals surface area (Å²) >= 11 is 0. The van der Waals surface area contributed by atoms with Gasteiger partial charge in [-0.25, -0.2) is 4.39 Å². The van der Waals surface area contributed by atoms with Crippen molar-refractivity contribution in [3.8, 4) is 11.1 Å². The van der Waals surface area contributed by atoms with Crippen LogP contribution in [0.2, 0.25) is 0 Å². The molecule has 0 radical (unpaired) electrons. The predicted octanol–water partition coefficient (Wildman–Crippen LogP) is 5.21. The van der Waals surface area contributed by atoms with Crippen molar-refractivity contribution in [2.24, 2.45) is 7.05 Å². The van der Waals surface area contributed by atoms with E-state index in [1.807, 2.05) is 19.2 Å². The molecule has 5 rings (SSSR count). The van der Waals surface area contributed by atoms with E-state index in [9.17, 15) is 4.39 Å². The number of nitrogens with one attached hydrogen (secondary N) is 2. The fraction of sp³-hybridized carbons (Fsp3) is 0.308. The number of fused-ring (bicyclic) bond motifs is 1. The van der Waals surface area contributed by atoms with E-state index in [0.717, 1.165) is 29.5 Å². The van der Waals surface area contributed by atoms with Crippen LogP contribution < -0.4 is 5.32 Å². The van der Waals surface area contributed by atoms with E-state index in [2.05, 4.69) is 50.3 Å². The normalized spacial score (nSPS) is 14.2. The van der Waals surface area contributed by atoms with Gasteiger partial charge >= 0.3 is 0 Å². The van der Waals surface area contributed by atoms with E-state index in [-0.39, 0.29) is 5.82 Å². The average Bonchev–Trinajstić information content (AvgIpc) is 3.54. The number of H-pyrrole nitrogens is 1. The zero-order chi connectivity index (χ0) is 22.8. The van der Waals surface area contributed by atoms with Crippen molar-refractivity contribution < 1.29 is 4.39 Å². The first-order chi connectivity index (χ1) is 16.1. The topological polar surface area (TPSA) is 61.8 Å². The van der Waals surface area contributed by atoms with Crippen LogP contribution in [0.25, 0.3) is 27.7 Å². The lowest BCUT2D eigenvalue weighted by Crippen LogP contribution is -2.20. The van der Waals surface area contributed by atoms with Crippen LogP contribution in [-0.2, 0) is 13.5 Å². The van der Waals surface area contributed by atoms with Gasteiger partial charge in [-0.1, -0.05) is 18.7 Å². The summed E-state index contributed by atoms with van der Waals surface area (Å²) in [5, 5.41) is 15.7. The van der Waals surface area contributed by atoms with Crippen molar-refractivity contribution >= 4 is 22.3 Å². The molecule has 0 amide bonds. The van der Waals surface area contributed by atoms with Gasteiger partial charge in [-0.15, -0.1) is 0 Å². The Morgan fingerprint density at radius 3 is 2.85 bits per heavy atom. The third kappa shape index (κ3) is 4.68. The second kappa shape index (κ2) is 9.19. The molecule has 1 aliphatic heterocycles. The Labute approximate surface area is 193 Å². The van der Waals surface area contributed by atoms with Gasteiger partial charge in [-0.3, -0.25) is 9.78 Å². The lowest BCUT2D eigenvalue weighted by molar-refractivity contribution is 0.334. The maximum atomic E-state index is 14.7. The van der Waals surface area contributed by atoms with Crippen molar-refractivity contribution in [2.45, 2.75) is 25.7 Å². The summed E-state index contributed by atoms with van der Waals surface area (Å²) in [7, 11) is 1.81. The zero-order valence-corrected chi connectivity index (χ0v) is 18.9. The summed E-state index contributed by atoms with van der Waals surface area (Å²) in [6, 6.07) is 11.7. The highest BCUT2D eigenvalue weighted by atomic mass is 19.1. The zero-order valence-electron chi connectivity index (χ0n) is 18.9. The first kappa shape index (κ1) is 21.4. The van der Waals surface area contributed by atoms with Crippen LogP contribution in [0.5, 0.6) is 0 Å². The monoisotopic (exact) mass is 444 g/mol. The molecule has 1 aliphatic rings. The van der Waals surface area contributed by atoms with Crippen LogP contribution in [0.3, 0.4) is 0 Å². The number of aromatic nitrogens is 4. The molecule has 1 fully saturated rings. The van der Waals surface area contributed by atoms with Crippen LogP contribution in [0.15, 0.2) is 55.4 Å². The lowest BCUT2D eigenvalue weighted by Gasteiger charge is -2.14. The van der Waals surface area contributed by atoms with Gasteiger partial charge in [0, 0.05) is 41.5 Å². The largest absolute Gasteiger partial charge is 0.354 e. The van der Waals surface area contributed by atoms with Crippen LogP contribution in [0.4, 0.5) is 10.1 Å². The number of rotatable bonds is 8. The Bertz CT molecular complexity index is 1280. The fourth-order valence-corrected chi connectivity index (χ4v) is 4.60. The van der Waals surface area contributed by atoms with Gasteiger partial charge in [-0.05, 0) is 69.1 Å². The highest BCUT2D eigenvalue weighted by molar-refractivity contribution is 5.95. The molecule has 0 saturated carbocycles. The van der Waals surface area contributed by atoms with Crippen LogP contribution in [-0.4, -0.2) is 44.5 Å². The predicted molar refractivity (Wildman–Crippen MR) is 131 cm³/mol. The summed E-state index contributed by atoms with van der Waals surface area (Å²) in [6.45, 7) is 7.85. The van der Waals surface area contributed by atoms with Gasteiger partial charge in [0.15, 0.2) is 0 Å². The summed E-state index contributed by atoms with van der Waals surface area (Å²) in [5.41, 5.74) is 5.47. The number of hydrogen-bond acceptors (Lipinski definition) is 4. The Morgan fingerprint density at radius 2 is 2.06 bits per heavy atom. The molecular weight excluding hydrogens is 415 g/mol. The maximum absolute atomic E-state index is 14.7. The lowest BCUT2D eigenvalue weighted by atomic mass is 10.0. The Balaban J connectivity index is 1.32. The van der Waals surface area contributed by atoms with E-state index in [1.54, 1.807) is 17.1 Å². The second-order valence-electron chi connectivity index (χ2n) is 8.81. The van der Waals surface area contributed by atoms with E-state index in [0.29, 0.717) is 22.5 Å². The van der Waals surface area contributed by atoms with E-state index in [1.165, 1.54) is 44.1 Å². The van der Waals surface area contributed by atoms with Crippen molar-refractivity contribution in [1.29, 1.82) is 0 Å². The standard InChI is InChI=1S/C26H29FN6/c1-18(29-21-9-5-7-19(13-21)8-6-12-33-10-3-4-11-33)26-23-14-22(20-16-28-32(2)17-20)24(27)15-25(23)30-31-26/h5,7,9,13-17,29H,1,3-4,6,8,10-12H2,2H3,(H,30,31). The van der Waals surface area contributed by atoms with Gasteiger partial charge in [0.1, 0.15) is 11.5 Å². The number of likely N-dealkylation sites (tertiary alicyclic amines) is 1. The van der Waals surface area contributed by atoms with Gasteiger partial charge in [-0.2, -0.15) is 10.2 Å². The molecule has 0 aliphatic carbocycles. The number of hydrogen-bond donors (Lipinski definition) is 2. The Hall–Kier alpha value is -3.45. The molecule has 6 nitrogen and oxygen atoms in total. The number of aromatic amines is 1. The molecule has 0 spiro atoms. The van der Waals surface area contributed by atoms with Crippen molar-refractivity contribution in [3.63, 3.8) is 0 Å². The second-order valence-corrected chi connectivity index (χ2v) is 8.81. The molecule has 2 aromatic carbocycles. The Morgan fingerprint density at radius 1 is 1.21 bits per heavy atom. The van der Waals surface area contributed by atoms with Gasteiger partial charge in [0.2, 0.25) is 0 Å². The van der Waals surface area contributed by atoms with Gasteiger partial charge in [0.05, 0.1) is 17.4 Å². The summed E-state index contributed by atoms with van der Waals surface area (Å²) in [5.74, 6) is -0.314. The van der Waals surface area contributed by atoms with Crippen LogP contribution >= 0.6 is 0 Å². The first-order valence-corrected chi connectivity index (χ1v) is 11.5. The minimum absolute atomic E-state index is 0.314.